The Kier molecular flexibility index (Phi) is 5.79. The minimum absolute atomic E-state index is 0.237. The summed E-state index contributed by atoms with van der Waals surface area (Å²) in [6.45, 7) is 0.635. The van der Waals surface area contributed by atoms with E-state index in [2.05, 4.69) is 10.6 Å². The monoisotopic (exact) mass is 342 g/mol. The van der Waals surface area contributed by atoms with Crippen molar-refractivity contribution in [2.75, 3.05) is 11.9 Å². The van der Waals surface area contributed by atoms with E-state index < -0.39 is 0 Å². The summed E-state index contributed by atoms with van der Waals surface area (Å²) in [6, 6.07) is 11.7. The molecule has 2 rings (SSSR count). The van der Waals surface area contributed by atoms with Crippen LogP contribution in [-0.4, -0.2) is 11.7 Å². The first-order valence-electron chi connectivity index (χ1n) is 6.29. The molecule has 0 bridgehead atoms. The third kappa shape index (κ3) is 4.84. The van der Waals surface area contributed by atoms with Crippen molar-refractivity contribution >= 4 is 46.2 Å². The zero-order valence-electron chi connectivity index (χ0n) is 11.0. The summed E-state index contributed by atoms with van der Waals surface area (Å²) in [4.78, 5) is 0. The molecular formula is C15H13Cl2FN2S. The van der Waals surface area contributed by atoms with Crippen LogP contribution in [0.5, 0.6) is 0 Å². The van der Waals surface area contributed by atoms with Crippen LogP contribution in [0.25, 0.3) is 0 Å². The number of halogens is 3. The largest absolute Gasteiger partial charge is 0.362 e. The van der Waals surface area contributed by atoms with Crippen LogP contribution in [0.2, 0.25) is 10.0 Å². The van der Waals surface area contributed by atoms with E-state index >= 15 is 0 Å². The SMILES string of the molecule is Fc1ccc(CCNC(=S)Nc2cccc(Cl)c2Cl)cc1. The highest BCUT2D eigenvalue weighted by Crippen LogP contribution is 2.29. The molecule has 0 aromatic heterocycles. The van der Waals surface area contributed by atoms with Crippen LogP contribution in [-0.2, 0) is 6.42 Å². The van der Waals surface area contributed by atoms with Gasteiger partial charge < -0.3 is 10.6 Å². The molecule has 0 heterocycles. The Morgan fingerprint density at radius 3 is 2.52 bits per heavy atom. The zero-order valence-corrected chi connectivity index (χ0v) is 13.3. The lowest BCUT2D eigenvalue weighted by atomic mass is 10.1. The summed E-state index contributed by atoms with van der Waals surface area (Å²) in [6.07, 6.45) is 0.741. The van der Waals surface area contributed by atoms with Crippen LogP contribution in [0, 0.1) is 5.82 Å². The number of hydrogen-bond acceptors (Lipinski definition) is 1. The van der Waals surface area contributed by atoms with E-state index in [4.69, 9.17) is 35.4 Å². The topological polar surface area (TPSA) is 24.1 Å². The quantitative estimate of drug-likeness (QED) is 0.790. The van der Waals surface area contributed by atoms with Gasteiger partial charge in [0.2, 0.25) is 0 Å². The van der Waals surface area contributed by atoms with Crippen LogP contribution in [0.15, 0.2) is 42.5 Å². The van der Waals surface area contributed by atoms with Gasteiger partial charge in [-0.3, -0.25) is 0 Å². The zero-order chi connectivity index (χ0) is 15.2. The molecule has 0 saturated heterocycles. The molecular weight excluding hydrogens is 330 g/mol. The smallest absolute Gasteiger partial charge is 0.170 e. The standard InChI is InChI=1S/C15H13Cl2FN2S/c16-12-2-1-3-13(14(12)17)20-15(21)19-9-8-10-4-6-11(18)7-5-10/h1-7H,8-9H2,(H2,19,20,21). The van der Waals surface area contributed by atoms with Gasteiger partial charge in [0.05, 0.1) is 15.7 Å². The first kappa shape index (κ1) is 16.0. The van der Waals surface area contributed by atoms with E-state index in [1.807, 2.05) is 0 Å². The molecule has 0 amide bonds. The summed E-state index contributed by atoms with van der Waals surface area (Å²) in [7, 11) is 0. The first-order chi connectivity index (χ1) is 10.1. The van der Waals surface area contributed by atoms with Gasteiger partial charge in [0.25, 0.3) is 0 Å². The molecule has 110 valence electrons. The molecule has 0 spiro atoms. The minimum Gasteiger partial charge on any atom is -0.362 e. The average Bonchev–Trinajstić information content (AvgIpc) is 2.46. The van der Waals surface area contributed by atoms with Gasteiger partial charge >= 0.3 is 0 Å². The second kappa shape index (κ2) is 7.59. The van der Waals surface area contributed by atoms with Gasteiger partial charge in [-0.2, -0.15) is 0 Å². The van der Waals surface area contributed by atoms with Gasteiger partial charge in [-0.1, -0.05) is 41.4 Å². The summed E-state index contributed by atoms with van der Waals surface area (Å²) in [5, 5.41) is 7.42. The summed E-state index contributed by atoms with van der Waals surface area (Å²) in [5.41, 5.74) is 1.69. The van der Waals surface area contributed by atoms with Crippen molar-refractivity contribution in [1.29, 1.82) is 0 Å². The highest BCUT2D eigenvalue weighted by atomic mass is 35.5. The summed E-state index contributed by atoms with van der Waals surface area (Å²) < 4.78 is 12.8. The molecule has 0 aliphatic heterocycles. The second-order valence-corrected chi connectivity index (χ2v) is 5.55. The van der Waals surface area contributed by atoms with Crippen LogP contribution in [0.3, 0.4) is 0 Å². The van der Waals surface area contributed by atoms with Crippen molar-refractivity contribution in [3.63, 3.8) is 0 Å². The molecule has 2 aromatic carbocycles. The predicted octanol–water partition coefficient (Wildman–Crippen LogP) is 4.66. The lowest BCUT2D eigenvalue weighted by Crippen LogP contribution is -2.30. The van der Waals surface area contributed by atoms with Gasteiger partial charge in [-0.05, 0) is 48.5 Å². The Morgan fingerprint density at radius 1 is 1.10 bits per heavy atom. The maximum Gasteiger partial charge on any atom is 0.170 e. The van der Waals surface area contributed by atoms with Crippen molar-refractivity contribution in [3.05, 3.63) is 63.9 Å². The van der Waals surface area contributed by atoms with E-state index in [-0.39, 0.29) is 5.82 Å². The number of nitrogens with one attached hydrogen (secondary N) is 2. The molecule has 21 heavy (non-hydrogen) atoms. The van der Waals surface area contributed by atoms with Crippen molar-refractivity contribution in [1.82, 2.24) is 5.32 Å². The normalized spacial score (nSPS) is 10.2. The molecule has 0 atom stereocenters. The van der Waals surface area contributed by atoms with E-state index in [0.717, 1.165) is 12.0 Å². The summed E-state index contributed by atoms with van der Waals surface area (Å²) >= 11 is 17.2. The van der Waals surface area contributed by atoms with Crippen LogP contribution in [0.1, 0.15) is 5.56 Å². The molecule has 0 saturated carbocycles. The van der Waals surface area contributed by atoms with Crippen molar-refractivity contribution < 1.29 is 4.39 Å². The predicted molar refractivity (Wildman–Crippen MR) is 90.8 cm³/mol. The molecule has 0 aliphatic rings. The molecule has 0 aliphatic carbocycles. The van der Waals surface area contributed by atoms with Crippen molar-refractivity contribution in [2.24, 2.45) is 0 Å². The Bertz CT molecular complexity index is 632. The number of anilines is 1. The third-order valence-corrected chi connectivity index (χ3v) is 3.88. The lowest BCUT2D eigenvalue weighted by Gasteiger charge is -2.12. The van der Waals surface area contributed by atoms with Crippen molar-refractivity contribution in [2.45, 2.75) is 6.42 Å². The third-order valence-electron chi connectivity index (χ3n) is 2.81. The minimum atomic E-state index is -0.237. The first-order valence-corrected chi connectivity index (χ1v) is 7.46. The average molecular weight is 343 g/mol. The maximum absolute atomic E-state index is 12.8. The Morgan fingerprint density at radius 2 is 1.81 bits per heavy atom. The fourth-order valence-corrected chi connectivity index (χ4v) is 2.30. The van der Waals surface area contributed by atoms with Gasteiger partial charge in [0, 0.05) is 6.54 Å². The van der Waals surface area contributed by atoms with Gasteiger partial charge in [0.1, 0.15) is 5.82 Å². The highest BCUT2D eigenvalue weighted by molar-refractivity contribution is 7.80. The second-order valence-electron chi connectivity index (χ2n) is 4.36. The molecule has 0 fully saturated rings. The van der Waals surface area contributed by atoms with Crippen LogP contribution >= 0.6 is 35.4 Å². The van der Waals surface area contributed by atoms with Gasteiger partial charge in [-0.25, -0.2) is 4.39 Å². The fourth-order valence-electron chi connectivity index (χ4n) is 1.74. The summed E-state index contributed by atoms with van der Waals surface area (Å²) in [5.74, 6) is -0.237. The Balaban J connectivity index is 1.82. The molecule has 2 nitrogen and oxygen atoms in total. The highest BCUT2D eigenvalue weighted by Gasteiger charge is 2.05. The Labute approximate surface area is 138 Å². The fraction of sp³-hybridized carbons (Fsp3) is 0.133. The van der Waals surface area contributed by atoms with Crippen molar-refractivity contribution in [3.8, 4) is 0 Å². The number of rotatable bonds is 4. The molecule has 2 N–H and O–H groups in total. The molecule has 0 unspecified atom stereocenters. The van der Waals surface area contributed by atoms with E-state index in [1.54, 1.807) is 30.3 Å². The maximum atomic E-state index is 12.8. The van der Waals surface area contributed by atoms with Gasteiger partial charge in [0.15, 0.2) is 5.11 Å². The van der Waals surface area contributed by atoms with Gasteiger partial charge in [-0.15, -0.1) is 0 Å². The van der Waals surface area contributed by atoms with Crippen LogP contribution < -0.4 is 10.6 Å². The van der Waals surface area contributed by atoms with E-state index in [9.17, 15) is 4.39 Å². The van der Waals surface area contributed by atoms with E-state index in [0.29, 0.717) is 27.4 Å². The number of benzene rings is 2. The molecule has 6 heteroatoms. The number of hydrogen-bond donors (Lipinski definition) is 2. The lowest BCUT2D eigenvalue weighted by molar-refractivity contribution is 0.627. The van der Waals surface area contributed by atoms with E-state index in [1.165, 1.54) is 12.1 Å². The number of thiocarbonyl (C=S) groups is 1. The Hall–Kier alpha value is -1.36. The van der Waals surface area contributed by atoms with Crippen LogP contribution in [0.4, 0.5) is 10.1 Å². The molecule has 2 aromatic rings. The molecule has 0 radical (unpaired) electrons.